The zero-order valence-corrected chi connectivity index (χ0v) is 17.8. The lowest BCUT2D eigenvalue weighted by molar-refractivity contribution is -0.124. The van der Waals surface area contributed by atoms with E-state index in [-0.39, 0.29) is 29.6 Å². The van der Waals surface area contributed by atoms with Gasteiger partial charge in [-0.3, -0.25) is 4.79 Å². The van der Waals surface area contributed by atoms with Crippen LogP contribution < -0.4 is 5.32 Å². The first kappa shape index (κ1) is 19.6. The van der Waals surface area contributed by atoms with Crippen LogP contribution in [0.5, 0.6) is 0 Å². The number of hydrogen-bond donors (Lipinski definition) is 1. The molecule has 0 aromatic carbocycles. The molecule has 1 N–H and O–H groups in total. The molecule has 2 bridgehead atoms. The second-order valence-corrected chi connectivity index (χ2v) is 13.3. The van der Waals surface area contributed by atoms with Crippen molar-refractivity contribution in [1.29, 1.82) is 0 Å². The molecular formula is C18H28N4O4Si. The lowest BCUT2D eigenvalue weighted by Crippen LogP contribution is -2.51. The smallest absolute Gasteiger partial charge is 0.344 e. The van der Waals surface area contributed by atoms with Crippen LogP contribution >= 0.6 is 0 Å². The Hall–Kier alpha value is -2.13. The number of nitrogens with one attached hydrogen (secondary N) is 1. The van der Waals surface area contributed by atoms with Crippen molar-refractivity contribution in [1.82, 2.24) is 20.3 Å². The van der Waals surface area contributed by atoms with Gasteiger partial charge in [-0.1, -0.05) is 26.8 Å². The van der Waals surface area contributed by atoms with Gasteiger partial charge in [-0.2, -0.15) is 0 Å². The fourth-order valence-electron chi connectivity index (χ4n) is 3.04. The van der Waals surface area contributed by atoms with Gasteiger partial charge >= 0.3 is 6.03 Å². The van der Waals surface area contributed by atoms with E-state index in [0.29, 0.717) is 12.4 Å². The van der Waals surface area contributed by atoms with Crippen molar-refractivity contribution in [2.24, 2.45) is 0 Å². The summed E-state index contributed by atoms with van der Waals surface area (Å²) in [5.41, 5.74) is 0.839. The Bertz CT molecular complexity index is 754. The molecule has 0 spiro atoms. The van der Waals surface area contributed by atoms with E-state index in [4.69, 9.17) is 8.94 Å². The van der Waals surface area contributed by atoms with Crippen LogP contribution in [-0.4, -0.2) is 53.8 Å². The van der Waals surface area contributed by atoms with Crippen LogP contribution in [0.1, 0.15) is 33.6 Å². The van der Waals surface area contributed by atoms with Crippen molar-refractivity contribution < 1.29 is 18.5 Å². The van der Waals surface area contributed by atoms with Crippen LogP contribution in [0.25, 0.3) is 0 Å². The quantitative estimate of drug-likeness (QED) is 0.615. The Kier molecular flexibility index (Phi) is 4.94. The third-order valence-electron chi connectivity index (χ3n) is 5.60. The van der Waals surface area contributed by atoms with Crippen molar-refractivity contribution in [2.75, 3.05) is 6.54 Å². The van der Waals surface area contributed by atoms with Crippen LogP contribution in [0.3, 0.4) is 0 Å². The summed E-state index contributed by atoms with van der Waals surface area (Å²) in [5.74, 6) is 0.178. The molecule has 148 valence electrons. The number of hydroxylamine groups is 2. The lowest BCUT2D eigenvalue weighted by Gasteiger charge is -2.39. The van der Waals surface area contributed by atoms with Crippen LogP contribution in [-0.2, 0) is 15.9 Å². The molecule has 0 aliphatic carbocycles. The van der Waals surface area contributed by atoms with Gasteiger partial charge in [0.05, 0.1) is 25.3 Å². The van der Waals surface area contributed by atoms with E-state index in [9.17, 15) is 9.59 Å². The monoisotopic (exact) mass is 392 g/mol. The first-order chi connectivity index (χ1) is 12.5. The van der Waals surface area contributed by atoms with Gasteiger partial charge in [0, 0.05) is 0 Å². The molecule has 9 heteroatoms. The molecule has 3 rings (SSSR count). The maximum atomic E-state index is 13.0. The molecule has 0 unspecified atom stereocenters. The summed E-state index contributed by atoms with van der Waals surface area (Å²) in [7, 11) is -2.17. The number of hydrogen-bond acceptors (Lipinski definition) is 5. The highest BCUT2D eigenvalue weighted by molar-refractivity contribution is 6.74. The summed E-state index contributed by atoms with van der Waals surface area (Å²) in [6.45, 7) is 13.1. The van der Waals surface area contributed by atoms with Gasteiger partial charge in [0.15, 0.2) is 0 Å². The number of carbonyl (C=O) groups is 2. The van der Waals surface area contributed by atoms with Crippen molar-refractivity contribution >= 4 is 20.3 Å². The van der Waals surface area contributed by atoms with E-state index >= 15 is 0 Å². The first-order valence-electron chi connectivity index (χ1n) is 9.14. The molecule has 3 amide bonds. The zero-order chi connectivity index (χ0) is 20.0. The normalized spacial score (nSPS) is 22.9. The van der Waals surface area contributed by atoms with Crippen molar-refractivity contribution in [3.8, 4) is 0 Å². The summed E-state index contributed by atoms with van der Waals surface area (Å²) in [5, 5.41) is 4.25. The summed E-state index contributed by atoms with van der Waals surface area (Å²) in [6, 6.07) is -1.06. The molecule has 27 heavy (non-hydrogen) atoms. The van der Waals surface area contributed by atoms with E-state index in [0.717, 1.165) is 5.57 Å². The molecule has 0 saturated carbocycles. The maximum absolute atomic E-state index is 13.0. The second kappa shape index (κ2) is 6.79. The van der Waals surface area contributed by atoms with Gasteiger partial charge in [0.1, 0.15) is 12.3 Å². The number of rotatable bonds is 5. The minimum Gasteiger partial charge on any atom is -0.447 e. The highest BCUT2D eigenvalue weighted by atomic mass is 28.4. The molecule has 2 aliphatic rings. The summed E-state index contributed by atoms with van der Waals surface area (Å²) >= 11 is 0. The highest BCUT2D eigenvalue weighted by Crippen LogP contribution is 2.39. The zero-order valence-electron chi connectivity index (χ0n) is 16.8. The fraction of sp³-hybridized carbons (Fsp3) is 0.611. The Balaban J connectivity index is 1.73. The number of aromatic nitrogens is 1. The van der Waals surface area contributed by atoms with Crippen molar-refractivity contribution in [3.05, 3.63) is 30.0 Å². The van der Waals surface area contributed by atoms with Gasteiger partial charge in [0.2, 0.25) is 20.1 Å². The Morgan fingerprint density at radius 2 is 2.15 bits per heavy atom. The molecule has 1 fully saturated rings. The summed E-state index contributed by atoms with van der Waals surface area (Å²) < 4.78 is 11.4. The standard InChI is InChI=1S/C18H28N4O4Si/c1-12-9-13-11-21(15(12)16(23)20-10-14-19-7-8-25-14)17(24)22(13)26-27(5,6)18(2,3)4/h7-9,13,15H,10-11H2,1-6H3,(H,20,23)/t13-,15+/m1/s1. The molecular weight excluding hydrogens is 364 g/mol. The van der Waals surface area contributed by atoms with Crippen molar-refractivity contribution in [3.63, 3.8) is 0 Å². The first-order valence-corrected chi connectivity index (χ1v) is 12.1. The highest BCUT2D eigenvalue weighted by Gasteiger charge is 2.50. The molecule has 0 radical (unpaired) electrons. The number of fused-ring (bicyclic) bond motifs is 2. The number of carbonyl (C=O) groups excluding carboxylic acids is 2. The molecule has 3 heterocycles. The molecule has 2 aliphatic heterocycles. The van der Waals surface area contributed by atoms with Crippen LogP contribution in [0.2, 0.25) is 18.1 Å². The SMILES string of the molecule is CC1=C[C@@H]2CN(C(=O)N2O[Si](C)(C)C(C)(C)C)[C@@H]1C(=O)NCc1ncco1. The largest absolute Gasteiger partial charge is 0.447 e. The van der Waals surface area contributed by atoms with Crippen LogP contribution in [0.15, 0.2) is 28.5 Å². The Morgan fingerprint density at radius 3 is 2.74 bits per heavy atom. The number of oxazole rings is 1. The molecule has 1 aromatic heterocycles. The summed E-state index contributed by atoms with van der Waals surface area (Å²) in [4.78, 5) is 31.3. The van der Waals surface area contributed by atoms with Crippen LogP contribution in [0, 0.1) is 0 Å². The van der Waals surface area contributed by atoms with E-state index < -0.39 is 14.4 Å². The lowest BCUT2D eigenvalue weighted by atomic mass is 10.00. The van der Waals surface area contributed by atoms with Gasteiger partial charge < -0.3 is 19.2 Å². The number of nitrogens with zero attached hydrogens (tertiary/aromatic N) is 3. The van der Waals surface area contributed by atoms with E-state index in [2.05, 4.69) is 44.2 Å². The fourth-order valence-corrected chi connectivity index (χ4v) is 4.02. The topological polar surface area (TPSA) is 87.9 Å². The Labute approximate surface area is 160 Å². The minimum atomic E-state index is -2.17. The molecule has 2 atom stereocenters. The van der Waals surface area contributed by atoms with E-state index in [1.807, 2.05) is 13.0 Å². The molecule has 1 aromatic rings. The third kappa shape index (κ3) is 3.66. The van der Waals surface area contributed by atoms with E-state index in [1.165, 1.54) is 17.5 Å². The van der Waals surface area contributed by atoms with Gasteiger partial charge in [-0.05, 0) is 30.6 Å². The minimum absolute atomic E-state index is 0.0229. The van der Waals surface area contributed by atoms with Crippen molar-refractivity contribution in [2.45, 2.75) is 64.5 Å². The van der Waals surface area contributed by atoms with Crippen LogP contribution in [0.4, 0.5) is 4.79 Å². The number of amides is 3. The third-order valence-corrected chi connectivity index (χ3v) is 9.86. The molecule has 1 saturated heterocycles. The number of urea groups is 1. The summed E-state index contributed by atoms with van der Waals surface area (Å²) in [6.07, 6.45) is 4.94. The second-order valence-electron chi connectivity index (χ2n) is 8.64. The average molecular weight is 393 g/mol. The predicted octanol–water partition coefficient (Wildman–Crippen LogP) is 2.66. The van der Waals surface area contributed by atoms with E-state index in [1.54, 1.807) is 4.90 Å². The van der Waals surface area contributed by atoms with Gasteiger partial charge in [-0.25, -0.2) is 14.8 Å². The average Bonchev–Trinajstić information content (AvgIpc) is 3.15. The Morgan fingerprint density at radius 1 is 1.44 bits per heavy atom. The van der Waals surface area contributed by atoms with Gasteiger partial charge in [-0.15, -0.1) is 0 Å². The maximum Gasteiger partial charge on any atom is 0.344 e. The van der Waals surface area contributed by atoms with Gasteiger partial charge in [0.25, 0.3) is 0 Å². The predicted molar refractivity (Wildman–Crippen MR) is 102 cm³/mol. The molecule has 8 nitrogen and oxygen atoms in total.